The van der Waals surface area contributed by atoms with Crippen molar-refractivity contribution in [2.45, 2.75) is 237 Å². The van der Waals surface area contributed by atoms with E-state index in [4.69, 9.17) is 0 Å². The van der Waals surface area contributed by atoms with Crippen LogP contribution in [0.4, 0.5) is 22.7 Å². The van der Waals surface area contributed by atoms with Gasteiger partial charge in [0.2, 0.25) is 0 Å². The zero-order chi connectivity index (χ0) is 67.8. The minimum Gasteiger partial charge on any atom is -0.387 e. The van der Waals surface area contributed by atoms with E-state index in [9.17, 15) is 0 Å². The lowest BCUT2D eigenvalue weighted by Gasteiger charge is -2.25. The maximum absolute atomic E-state index is 4.30. The third-order valence-electron chi connectivity index (χ3n) is 24.4. The molecule has 0 fully saturated rings. The van der Waals surface area contributed by atoms with Gasteiger partial charge in [-0.3, -0.25) is 0 Å². The average molecular weight is 1300 g/mol. The second kappa shape index (κ2) is 27.4. The van der Waals surface area contributed by atoms with Crippen molar-refractivity contribution < 1.29 is 0 Å². The van der Waals surface area contributed by atoms with Crippen molar-refractivity contribution in [3.05, 3.63) is 171 Å². The zero-order valence-corrected chi connectivity index (χ0v) is 62.1. The third-order valence-corrected chi connectivity index (χ3v) is 24.4. The van der Waals surface area contributed by atoms with Crippen LogP contribution in [0.3, 0.4) is 0 Å². The summed E-state index contributed by atoms with van der Waals surface area (Å²) in [4.78, 5) is 0. The van der Waals surface area contributed by atoms with Crippen LogP contribution in [0.15, 0.2) is 78.9 Å². The topological polar surface area (TPSA) is 48.1 Å². The predicted molar refractivity (Wildman–Crippen MR) is 430 cm³/mol. The van der Waals surface area contributed by atoms with Gasteiger partial charge in [-0.1, -0.05) is 226 Å². The second-order valence-corrected chi connectivity index (χ2v) is 29.7. The largest absolute Gasteiger partial charge is 0.387 e. The van der Waals surface area contributed by atoms with Gasteiger partial charge in [0, 0.05) is 69.8 Å². The Kier molecular flexibility index (Phi) is 18.5. The van der Waals surface area contributed by atoms with E-state index in [1.54, 1.807) is 0 Å². The Hall–Kier alpha value is -7.82. The van der Waals surface area contributed by atoms with Gasteiger partial charge in [-0.15, -0.1) is 0 Å². The first-order chi connectivity index (χ1) is 48.2. The lowest BCUT2D eigenvalue weighted by molar-refractivity contribution is 0.617. The van der Waals surface area contributed by atoms with Gasteiger partial charge >= 0.3 is 0 Å². The molecule has 0 radical (unpaired) electrons. The highest BCUT2D eigenvalue weighted by atomic mass is 14.9. The fraction of sp³-hybridized carbons (Fsp3) is 0.426. The van der Waals surface area contributed by atoms with Crippen molar-refractivity contribution in [3.8, 4) is 44.5 Å². The fourth-order valence-electron chi connectivity index (χ4n) is 20.0. The minimum absolute atomic E-state index is 0.961. The summed E-state index contributed by atoms with van der Waals surface area (Å²) in [6, 6.07) is 33.4. The predicted octanol–water partition coefficient (Wildman–Crippen LogP) is 26.1. The highest BCUT2D eigenvalue weighted by Gasteiger charge is 2.37. The molecule has 15 rings (SSSR count). The van der Waals surface area contributed by atoms with Gasteiger partial charge in [0.15, 0.2) is 0 Å². The summed E-state index contributed by atoms with van der Waals surface area (Å²) in [5, 5.41) is 45.4. The molecular formula is C94H110N4. The molecule has 0 aromatic heterocycles. The maximum Gasteiger partial charge on any atom is 0.0510 e. The smallest absolute Gasteiger partial charge is 0.0510 e. The van der Waals surface area contributed by atoms with Gasteiger partial charge < -0.3 is 21.3 Å². The number of hydrogen-bond acceptors (Lipinski definition) is 4. The molecule has 4 aliphatic rings. The van der Waals surface area contributed by atoms with Crippen molar-refractivity contribution in [1.82, 2.24) is 0 Å². The van der Waals surface area contributed by atoms with Gasteiger partial charge in [0.05, 0.1) is 22.7 Å². The van der Waals surface area contributed by atoms with E-state index in [1.807, 2.05) is 0 Å². The number of hydrogen-bond donors (Lipinski definition) is 4. The van der Waals surface area contributed by atoms with Crippen LogP contribution >= 0.6 is 0 Å². The maximum atomic E-state index is 4.30. The molecule has 11 aromatic carbocycles. The summed E-state index contributed by atoms with van der Waals surface area (Å²) in [6.07, 6.45) is 28.2. The Morgan fingerprint density at radius 2 is 0.612 bits per heavy atom. The molecule has 506 valence electrons. The normalized spacial score (nSPS) is 12.6. The van der Waals surface area contributed by atoms with Crippen LogP contribution < -0.4 is 21.3 Å². The van der Waals surface area contributed by atoms with Crippen LogP contribution in [-0.2, 0) is 51.4 Å². The average Bonchev–Trinajstić information content (AvgIpc) is 1.51. The summed E-state index contributed by atoms with van der Waals surface area (Å²) in [6.45, 7) is 31.5. The quantitative estimate of drug-likeness (QED) is 0.0199. The van der Waals surface area contributed by atoms with Crippen LogP contribution in [0.5, 0.6) is 0 Å². The summed E-state index contributed by atoms with van der Waals surface area (Å²) in [5.74, 6) is 0. The summed E-state index contributed by atoms with van der Waals surface area (Å²) in [5.41, 5.74) is 30.1. The van der Waals surface area contributed by atoms with Crippen LogP contribution in [-0.4, -0.2) is 26.7 Å². The summed E-state index contributed by atoms with van der Waals surface area (Å²) >= 11 is 0. The van der Waals surface area contributed by atoms with Crippen molar-refractivity contribution in [1.29, 1.82) is 0 Å². The van der Waals surface area contributed by atoms with E-state index < -0.39 is 0 Å². The Morgan fingerprint density at radius 1 is 0.265 bits per heavy atom. The highest BCUT2D eigenvalue weighted by Crippen LogP contribution is 2.63. The molecule has 0 saturated carbocycles. The molecule has 0 unspecified atom stereocenters. The van der Waals surface area contributed by atoms with E-state index in [0.29, 0.717) is 0 Å². The van der Waals surface area contributed by atoms with Crippen molar-refractivity contribution in [2.75, 3.05) is 47.9 Å². The number of unbranched alkanes of at least 4 members (excludes halogenated alkanes) is 13. The first kappa shape index (κ1) is 66.1. The van der Waals surface area contributed by atoms with Gasteiger partial charge in [-0.2, -0.15) is 0 Å². The monoisotopic (exact) mass is 1290 g/mol. The molecule has 98 heavy (non-hydrogen) atoms. The molecule has 4 heteroatoms. The Balaban J connectivity index is 0.970. The first-order valence-corrected chi connectivity index (χ1v) is 39.7. The van der Waals surface area contributed by atoms with Crippen LogP contribution in [0.2, 0.25) is 0 Å². The van der Waals surface area contributed by atoms with Gasteiger partial charge in [-0.05, 0) is 248 Å². The SMILES string of the molecule is CCCCCCCCNc1c2c(c(NCCCCCCCC)c3c(CC)ccc(CC)c13)-c1ccc3c4c(ccc-2c14)-c1c-3c(CC)c2cc3c(CC)c4c(c(CC)c3cc2c1CC)=c1ccc2c3c(ccc=4c13)=c1c(NC)c3c(CC)c(C)cc(CC)c3c(NCCCCCC)c1=2. The van der Waals surface area contributed by atoms with E-state index in [0.717, 1.165) is 71.0 Å². The van der Waals surface area contributed by atoms with Crippen molar-refractivity contribution in [3.63, 3.8) is 0 Å². The molecule has 4 N–H and O–H groups in total. The Labute approximate surface area is 584 Å². The lowest BCUT2D eigenvalue weighted by Crippen LogP contribution is -2.10. The van der Waals surface area contributed by atoms with Crippen molar-refractivity contribution >= 4 is 87.4 Å². The molecule has 0 spiro atoms. The lowest BCUT2D eigenvalue weighted by atomic mass is 9.82. The number of benzene rings is 11. The third kappa shape index (κ3) is 9.90. The molecule has 0 saturated heterocycles. The molecule has 0 heterocycles. The first-order valence-electron chi connectivity index (χ1n) is 39.7. The van der Waals surface area contributed by atoms with Crippen LogP contribution in [0, 0.1) is 48.7 Å². The van der Waals surface area contributed by atoms with Crippen LogP contribution in [0.25, 0.3) is 109 Å². The van der Waals surface area contributed by atoms with E-state index in [-0.39, 0.29) is 0 Å². The highest BCUT2D eigenvalue weighted by molar-refractivity contribution is 6.33. The molecule has 0 atom stereocenters. The Bertz CT molecular complexity index is 5320. The molecule has 0 aliphatic heterocycles. The summed E-state index contributed by atoms with van der Waals surface area (Å²) < 4.78 is 0. The molecule has 4 aliphatic carbocycles. The van der Waals surface area contributed by atoms with Crippen molar-refractivity contribution in [2.24, 2.45) is 0 Å². The molecule has 0 amide bonds. The zero-order valence-electron chi connectivity index (χ0n) is 62.1. The number of aryl methyl sites for hydroxylation is 9. The number of fused-ring (bicyclic) bond motifs is 12. The van der Waals surface area contributed by atoms with E-state index in [2.05, 4.69) is 190 Å². The van der Waals surface area contributed by atoms with Gasteiger partial charge in [0.1, 0.15) is 0 Å². The van der Waals surface area contributed by atoms with E-state index >= 15 is 0 Å². The number of rotatable bonds is 31. The molecular weight excluding hydrogens is 1190 g/mol. The van der Waals surface area contributed by atoms with Gasteiger partial charge in [0.25, 0.3) is 0 Å². The van der Waals surface area contributed by atoms with E-state index in [1.165, 1.54) is 326 Å². The number of nitrogens with one attached hydrogen (secondary N) is 4. The minimum atomic E-state index is 0.961. The number of anilines is 4. The van der Waals surface area contributed by atoms with Gasteiger partial charge in [-0.25, -0.2) is 0 Å². The fourth-order valence-corrected chi connectivity index (χ4v) is 20.0. The molecule has 11 aromatic rings. The standard InChI is InChI=1S/C94H110N4/c1-14-25-28-31-33-36-49-96-92-75-55(17-4)38-39-56(18-5)76(75)93(97-50-37-34-32-29-26-15-2)90-70-47-43-66-81-62(24-11)74-53-72-60(22-9)79-64-41-45-68-84-67(87-88(68)94(98-48-35-30-27-16-3)77-57(19-6)51-54(12)58(20-7)86(77)91(87)95-13)44-40-63(82(64)84)78(79)59(21-8)71(72)52-73(74)61(23-10)80(81)65-42-46-69(89(90)92)85(70)83(65)66/h38-47,51-53,95-98H,14-37,48-50H2,1-13H3. The Morgan fingerprint density at radius 3 is 1.01 bits per heavy atom. The van der Waals surface area contributed by atoms with Crippen LogP contribution in [0.1, 0.15) is 229 Å². The summed E-state index contributed by atoms with van der Waals surface area (Å²) in [7, 11) is 2.18. The second-order valence-electron chi connectivity index (χ2n) is 29.7. The molecule has 0 bridgehead atoms. The molecule has 4 nitrogen and oxygen atoms in total.